The molecule has 0 radical (unpaired) electrons. The van der Waals surface area contributed by atoms with Crippen LogP contribution in [-0.2, 0) is 12.6 Å². The molecule has 6 aromatic heterocycles. The Labute approximate surface area is 328 Å². The van der Waals surface area contributed by atoms with Crippen molar-refractivity contribution >= 4 is 44.0 Å². The quantitative estimate of drug-likeness (QED) is 0.0906. The van der Waals surface area contributed by atoms with E-state index in [0.717, 1.165) is 98.6 Å². The number of rotatable bonds is 11. The number of nitrogens with one attached hydrogen (secondary N) is 2. The summed E-state index contributed by atoms with van der Waals surface area (Å²) in [6, 6.07) is 20.2. The lowest BCUT2D eigenvalue weighted by atomic mass is 9.65. The average molecular weight is 764 g/mol. The van der Waals surface area contributed by atoms with Gasteiger partial charge in [0.2, 0.25) is 0 Å². The Hall–Kier alpha value is -5.69. The van der Waals surface area contributed by atoms with E-state index in [-0.39, 0.29) is 6.61 Å². The summed E-state index contributed by atoms with van der Waals surface area (Å²) in [5, 5.41) is 38.1. The number of hydrogen-bond donors (Lipinski definition) is 5. The van der Waals surface area contributed by atoms with Crippen molar-refractivity contribution in [3.63, 3.8) is 0 Å². The molecule has 0 bridgehead atoms. The molecule has 8 aromatic rings. The molecule has 3 saturated carbocycles. The van der Waals surface area contributed by atoms with Gasteiger partial charge in [-0.15, -0.1) is 0 Å². The zero-order valence-electron chi connectivity index (χ0n) is 31.8. The predicted octanol–water partition coefficient (Wildman–Crippen LogP) is 7.51. The lowest BCUT2D eigenvalue weighted by Crippen LogP contribution is -2.65. The number of aromatic nitrogens is 7. The molecule has 57 heavy (non-hydrogen) atoms. The monoisotopic (exact) mass is 763 g/mol. The molecule has 0 spiro atoms. The van der Waals surface area contributed by atoms with E-state index in [9.17, 15) is 15.3 Å². The van der Waals surface area contributed by atoms with Gasteiger partial charge in [0.05, 0.1) is 17.8 Å². The number of fused-ring (bicyclic) bond motifs is 4. The SMILES string of the molecule is Cn1cc(-c2cc3nccnc3[nH]2)c2cc(OC3(C(O)C(O)C4(n5cc(-c6cc7cccnc7[nH]6)c6cc(OC7(CO)CCC7)ccc65)CCC4)CCC3)ccc21. The van der Waals surface area contributed by atoms with Gasteiger partial charge < -0.3 is 43.9 Å². The zero-order valence-corrected chi connectivity index (χ0v) is 31.8. The van der Waals surface area contributed by atoms with Gasteiger partial charge in [-0.3, -0.25) is 4.98 Å². The Balaban J connectivity index is 0.954. The maximum Gasteiger partial charge on any atom is 0.156 e. The smallest absolute Gasteiger partial charge is 0.156 e. The summed E-state index contributed by atoms with van der Waals surface area (Å²) in [6.07, 6.45) is 14.3. The summed E-state index contributed by atoms with van der Waals surface area (Å²) in [7, 11) is 2.02. The predicted molar refractivity (Wildman–Crippen MR) is 218 cm³/mol. The van der Waals surface area contributed by atoms with Crippen molar-refractivity contribution in [3.8, 4) is 34.0 Å². The highest BCUT2D eigenvalue weighted by atomic mass is 16.5. The van der Waals surface area contributed by atoms with Crippen LogP contribution in [0.2, 0.25) is 0 Å². The normalized spacial score (nSPS) is 19.3. The number of hydrogen-bond acceptors (Lipinski definition) is 8. The average Bonchev–Trinajstić information content (AvgIpc) is 3.96. The minimum absolute atomic E-state index is 0.0243. The van der Waals surface area contributed by atoms with Gasteiger partial charge in [-0.2, -0.15) is 0 Å². The summed E-state index contributed by atoms with van der Waals surface area (Å²) < 4.78 is 17.6. The van der Waals surface area contributed by atoms with Gasteiger partial charge in [0, 0.05) is 82.0 Å². The first-order chi connectivity index (χ1) is 27.8. The number of benzene rings is 2. The largest absolute Gasteiger partial charge is 0.485 e. The third kappa shape index (κ3) is 5.27. The van der Waals surface area contributed by atoms with Crippen LogP contribution in [0.3, 0.4) is 0 Å². The molecule has 3 aliphatic carbocycles. The van der Waals surface area contributed by atoms with E-state index in [1.54, 1.807) is 18.6 Å². The second kappa shape index (κ2) is 12.7. The van der Waals surface area contributed by atoms with E-state index in [4.69, 9.17) is 9.47 Å². The van der Waals surface area contributed by atoms with Crippen LogP contribution in [0.4, 0.5) is 0 Å². The van der Waals surface area contributed by atoms with Gasteiger partial charge in [0.25, 0.3) is 0 Å². The van der Waals surface area contributed by atoms with Crippen molar-refractivity contribution in [2.45, 2.75) is 86.7 Å². The molecule has 11 rings (SSSR count). The third-order valence-electron chi connectivity index (χ3n) is 13.5. The van der Waals surface area contributed by atoms with Crippen molar-refractivity contribution in [2.75, 3.05) is 6.61 Å². The topological polar surface area (TPSA) is 159 Å². The molecule has 5 N–H and O–H groups in total. The molecule has 0 amide bonds. The number of aliphatic hydroxyl groups is 3. The number of nitrogens with zero attached hydrogens (tertiary/aromatic N) is 5. The van der Waals surface area contributed by atoms with E-state index in [2.05, 4.69) is 64.6 Å². The zero-order chi connectivity index (χ0) is 38.5. The Kier molecular flexibility index (Phi) is 7.67. The number of aliphatic hydroxyl groups excluding tert-OH is 3. The molecule has 2 unspecified atom stereocenters. The van der Waals surface area contributed by atoms with Gasteiger partial charge in [-0.25, -0.2) is 9.97 Å². The Morgan fingerprint density at radius 2 is 1.37 bits per heavy atom. The van der Waals surface area contributed by atoms with E-state index >= 15 is 0 Å². The van der Waals surface area contributed by atoms with Crippen molar-refractivity contribution in [2.24, 2.45) is 7.05 Å². The minimum Gasteiger partial charge on any atom is -0.485 e. The van der Waals surface area contributed by atoms with Crippen molar-refractivity contribution in [3.05, 3.63) is 91.6 Å². The van der Waals surface area contributed by atoms with Crippen LogP contribution in [-0.4, -0.2) is 79.4 Å². The molecule has 0 aliphatic heterocycles. The standard InChI is InChI=1S/C45H45N7O5/c1-51-24-32(35-23-36-42(50-35)48-19-18-46-36)30-22-29(7-9-37(30)51)57-45(15-5-16-45)40(55)39(54)44(13-4-14-44)52-25-33(34-20-27-6-2-17-47-41(27)49-34)31-21-28(8-10-38(31)52)56-43(26-53)11-3-12-43/h2,6-10,17-25,39-40,53-55H,3-5,11-16,26H2,1H3,(H,47,49)(H,48,50). The van der Waals surface area contributed by atoms with Gasteiger partial charge in [0.15, 0.2) is 5.65 Å². The Bertz CT molecular complexity index is 2750. The second-order valence-corrected chi connectivity index (χ2v) is 16.7. The number of pyridine rings is 1. The summed E-state index contributed by atoms with van der Waals surface area (Å²) in [6.45, 7) is -0.0243. The fourth-order valence-electron chi connectivity index (χ4n) is 9.74. The fraction of sp³-hybridized carbons (Fsp3) is 0.356. The molecule has 12 heteroatoms. The van der Waals surface area contributed by atoms with Crippen LogP contribution in [0, 0.1) is 0 Å². The first kappa shape index (κ1) is 34.5. The number of H-pyrrole nitrogens is 2. The lowest BCUT2D eigenvalue weighted by Gasteiger charge is -2.54. The van der Waals surface area contributed by atoms with Crippen molar-refractivity contribution in [1.29, 1.82) is 0 Å². The minimum atomic E-state index is -1.15. The summed E-state index contributed by atoms with van der Waals surface area (Å²) in [4.78, 5) is 20.4. The molecular formula is C45H45N7O5. The molecule has 290 valence electrons. The second-order valence-electron chi connectivity index (χ2n) is 16.7. The molecule has 6 heterocycles. The molecule has 2 atom stereocenters. The van der Waals surface area contributed by atoms with E-state index in [0.29, 0.717) is 37.2 Å². The van der Waals surface area contributed by atoms with Crippen LogP contribution in [0.25, 0.3) is 66.5 Å². The molecule has 3 aliphatic rings. The van der Waals surface area contributed by atoms with Crippen LogP contribution >= 0.6 is 0 Å². The lowest BCUT2D eigenvalue weighted by molar-refractivity contribution is -0.184. The van der Waals surface area contributed by atoms with Gasteiger partial charge in [-0.05, 0) is 118 Å². The number of ether oxygens (including phenoxy) is 2. The molecule has 0 saturated heterocycles. The maximum atomic E-state index is 12.5. The molecule has 2 aromatic carbocycles. The first-order valence-corrected chi connectivity index (χ1v) is 20.1. The van der Waals surface area contributed by atoms with Gasteiger partial charge in [0.1, 0.15) is 46.1 Å². The van der Waals surface area contributed by atoms with Crippen LogP contribution < -0.4 is 9.47 Å². The Morgan fingerprint density at radius 1 is 0.702 bits per heavy atom. The van der Waals surface area contributed by atoms with Crippen molar-refractivity contribution in [1.82, 2.24) is 34.1 Å². The first-order valence-electron chi connectivity index (χ1n) is 20.1. The van der Waals surface area contributed by atoms with Crippen LogP contribution in [0.15, 0.2) is 91.6 Å². The highest BCUT2D eigenvalue weighted by Gasteiger charge is 2.57. The highest BCUT2D eigenvalue weighted by Crippen LogP contribution is 2.51. The number of aromatic amines is 2. The van der Waals surface area contributed by atoms with Gasteiger partial charge >= 0.3 is 0 Å². The summed E-state index contributed by atoms with van der Waals surface area (Å²) in [5.74, 6) is 1.35. The maximum absolute atomic E-state index is 12.5. The van der Waals surface area contributed by atoms with Crippen LogP contribution in [0.1, 0.15) is 57.8 Å². The van der Waals surface area contributed by atoms with Gasteiger partial charge in [-0.1, -0.05) is 0 Å². The summed E-state index contributed by atoms with van der Waals surface area (Å²) >= 11 is 0. The Morgan fingerprint density at radius 3 is 2.05 bits per heavy atom. The third-order valence-corrected chi connectivity index (χ3v) is 13.5. The molecular weight excluding hydrogens is 719 g/mol. The van der Waals surface area contributed by atoms with Crippen LogP contribution in [0.5, 0.6) is 11.5 Å². The number of aryl methyl sites for hydroxylation is 1. The molecule has 3 fully saturated rings. The fourth-order valence-corrected chi connectivity index (χ4v) is 9.74. The van der Waals surface area contributed by atoms with Crippen molar-refractivity contribution < 1.29 is 24.8 Å². The van der Waals surface area contributed by atoms with E-state index in [1.807, 2.05) is 49.5 Å². The van der Waals surface area contributed by atoms with E-state index in [1.165, 1.54) is 0 Å². The highest BCUT2D eigenvalue weighted by molar-refractivity contribution is 5.99. The molecule has 12 nitrogen and oxygen atoms in total. The summed E-state index contributed by atoms with van der Waals surface area (Å²) in [5.41, 5.74) is 5.82. The van der Waals surface area contributed by atoms with E-state index < -0.39 is 28.9 Å².